The van der Waals surface area contributed by atoms with Crippen LogP contribution in [0.5, 0.6) is 5.75 Å². The third-order valence-corrected chi connectivity index (χ3v) is 3.10. The molecule has 0 amide bonds. The zero-order valence-electron chi connectivity index (χ0n) is 10.5. The molecule has 2 heterocycles. The van der Waals surface area contributed by atoms with E-state index in [2.05, 4.69) is 16.9 Å². The van der Waals surface area contributed by atoms with E-state index in [0.717, 1.165) is 37.6 Å². The highest BCUT2D eigenvalue weighted by molar-refractivity contribution is 5.27. The first kappa shape index (κ1) is 12.3. The lowest BCUT2D eigenvalue weighted by Crippen LogP contribution is -2.26. The lowest BCUT2D eigenvalue weighted by Gasteiger charge is -2.20. The van der Waals surface area contributed by atoms with Gasteiger partial charge in [0.15, 0.2) is 0 Å². The fraction of sp³-hybridized carbons (Fsp3) is 0.615. The van der Waals surface area contributed by atoms with Crippen molar-refractivity contribution < 1.29 is 9.84 Å². The Hall–Kier alpha value is -1.13. The molecule has 4 nitrogen and oxygen atoms in total. The first-order valence-electron chi connectivity index (χ1n) is 6.07. The maximum atomic E-state index is 9.73. The van der Waals surface area contributed by atoms with Crippen LogP contribution in [0.25, 0.3) is 0 Å². The number of nitrogens with zero attached hydrogens (tertiary/aromatic N) is 2. The number of hydrogen-bond acceptors (Lipinski definition) is 4. The van der Waals surface area contributed by atoms with Crippen LogP contribution in [0.15, 0.2) is 12.1 Å². The minimum Gasteiger partial charge on any atom is -0.506 e. The minimum absolute atomic E-state index is 0.283. The van der Waals surface area contributed by atoms with Gasteiger partial charge in [-0.2, -0.15) is 0 Å². The van der Waals surface area contributed by atoms with Crippen LogP contribution in [0.4, 0.5) is 0 Å². The highest BCUT2D eigenvalue weighted by Crippen LogP contribution is 2.18. The fourth-order valence-electron chi connectivity index (χ4n) is 2.21. The Labute approximate surface area is 102 Å². The van der Waals surface area contributed by atoms with Crippen molar-refractivity contribution in [3.8, 4) is 5.75 Å². The van der Waals surface area contributed by atoms with Crippen LogP contribution < -0.4 is 0 Å². The van der Waals surface area contributed by atoms with Crippen LogP contribution in [0.2, 0.25) is 0 Å². The number of ether oxygens (including phenoxy) is 1. The predicted octanol–water partition coefficient (Wildman–Crippen LogP) is 1.56. The summed E-state index contributed by atoms with van der Waals surface area (Å²) in [5.41, 5.74) is 1.70. The maximum absolute atomic E-state index is 9.73. The van der Waals surface area contributed by atoms with Crippen molar-refractivity contribution in [1.29, 1.82) is 0 Å². The quantitative estimate of drug-likeness (QED) is 0.862. The van der Waals surface area contributed by atoms with Gasteiger partial charge < -0.3 is 14.7 Å². The van der Waals surface area contributed by atoms with E-state index in [1.807, 2.05) is 13.0 Å². The molecule has 0 unspecified atom stereocenters. The van der Waals surface area contributed by atoms with E-state index >= 15 is 0 Å². The molecule has 1 atom stereocenters. The number of rotatable bonds is 4. The summed E-state index contributed by atoms with van der Waals surface area (Å²) in [6.07, 6.45) is 1.14. The molecule has 1 N–H and O–H groups in total. The van der Waals surface area contributed by atoms with Crippen LogP contribution in [0.3, 0.4) is 0 Å². The molecule has 4 heteroatoms. The van der Waals surface area contributed by atoms with Gasteiger partial charge in [-0.1, -0.05) is 0 Å². The Bertz CT molecular complexity index is 376. The predicted molar refractivity (Wildman–Crippen MR) is 65.9 cm³/mol. The van der Waals surface area contributed by atoms with Crippen LogP contribution in [0.1, 0.15) is 17.8 Å². The minimum atomic E-state index is 0.283. The summed E-state index contributed by atoms with van der Waals surface area (Å²) >= 11 is 0. The van der Waals surface area contributed by atoms with Crippen LogP contribution >= 0.6 is 0 Å². The Balaban J connectivity index is 1.92. The summed E-state index contributed by atoms with van der Waals surface area (Å²) in [6.45, 7) is 5.36. The van der Waals surface area contributed by atoms with Crippen molar-refractivity contribution in [2.24, 2.45) is 5.92 Å². The normalized spacial score (nSPS) is 20.1. The van der Waals surface area contributed by atoms with Crippen molar-refractivity contribution in [1.82, 2.24) is 9.88 Å². The molecule has 1 saturated heterocycles. The average Bonchev–Trinajstić information content (AvgIpc) is 2.76. The van der Waals surface area contributed by atoms with E-state index in [1.165, 1.54) is 0 Å². The molecule has 94 valence electrons. The largest absolute Gasteiger partial charge is 0.506 e. The fourth-order valence-corrected chi connectivity index (χ4v) is 2.21. The molecular weight excluding hydrogens is 216 g/mol. The molecule has 2 rings (SSSR count). The summed E-state index contributed by atoms with van der Waals surface area (Å²) in [5.74, 6) is 0.900. The molecule has 0 bridgehead atoms. The van der Waals surface area contributed by atoms with E-state index in [4.69, 9.17) is 4.74 Å². The first-order valence-corrected chi connectivity index (χ1v) is 6.07. The van der Waals surface area contributed by atoms with E-state index < -0.39 is 0 Å². The first-order chi connectivity index (χ1) is 8.15. The standard InChI is InChI=1S/C13H20N2O2/c1-10-3-4-13(16)12(14-10)8-15(2)7-11-5-6-17-9-11/h3-4,11,16H,5-9H2,1-2H3/t11-/m0/s1. The molecule has 0 spiro atoms. The number of pyridine rings is 1. The van der Waals surface area contributed by atoms with Gasteiger partial charge in [0.25, 0.3) is 0 Å². The van der Waals surface area contributed by atoms with Gasteiger partial charge >= 0.3 is 0 Å². The van der Waals surface area contributed by atoms with Gasteiger partial charge in [0.1, 0.15) is 5.75 Å². The summed E-state index contributed by atoms with van der Waals surface area (Å²) < 4.78 is 5.36. The second-order valence-corrected chi connectivity index (χ2v) is 4.84. The molecule has 0 aliphatic carbocycles. The Morgan fingerprint density at radius 3 is 3.06 bits per heavy atom. The van der Waals surface area contributed by atoms with Crippen molar-refractivity contribution in [3.05, 3.63) is 23.5 Å². The van der Waals surface area contributed by atoms with Gasteiger partial charge in [0.05, 0.1) is 12.3 Å². The Morgan fingerprint density at radius 1 is 1.53 bits per heavy atom. The number of hydrogen-bond donors (Lipinski definition) is 1. The van der Waals surface area contributed by atoms with Crippen molar-refractivity contribution in [2.75, 3.05) is 26.8 Å². The second-order valence-electron chi connectivity index (χ2n) is 4.84. The van der Waals surface area contributed by atoms with E-state index in [9.17, 15) is 5.11 Å². The highest BCUT2D eigenvalue weighted by atomic mass is 16.5. The third kappa shape index (κ3) is 3.41. The summed E-state index contributed by atoms with van der Waals surface area (Å²) in [7, 11) is 2.06. The molecule has 1 aromatic heterocycles. The molecule has 0 aromatic carbocycles. The molecule has 1 aliphatic heterocycles. The molecule has 17 heavy (non-hydrogen) atoms. The number of aryl methyl sites for hydroxylation is 1. The van der Waals surface area contributed by atoms with Gasteiger partial charge in [-0.05, 0) is 38.4 Å². The Kier molecular flexibility index (Phi) is 3.97. The van der Waals surface area contributed by atoms with E-state index in [0.29, 0.717) is 12.5 Å². The van der Waals surface area contributed by atoms with Crippen LogP contribution in [-0.4, -0.2) is 41.8 Å². The average molecular weight is 236 g/mol. The molecule has 0 saturated carbocycles. The molecule has 1 aromatic rings. The summed E-state index contributed by atoms with van der Waals surface area (Å²) in [5, 5.41) is 9.73. The Morgan fingerprint density at radius 2 is 2.35 bits per heavy atom. The van der Waals surface area contributed by atoms with Gasteiger partial charge in [0, 0.05) is 25.4 Å². The van der Waals surface area contributed by atoms with Gasteiger partial charge in [-0.3, -0.25) is 4.98 Å². The summed E-state index contributed by atoms with van der Waals surface area (Å²) in [6, 6.07) is 3.54. The van der Waals surface area contributed by atoms with Gasteiger partial charge in [-0.25, -0.2) is 0 Å². The highest BCUT2D eigenvalue weighted by Gasteiger charge is 2.18. The molecule has 0 radical (unpaired) electrons. The smallest absolute Gasteiger partial charge is 0.138 e. The second kappa shape index (κ2) is 5.47. The monoisotopic (exact) mass is 236 g/mol. The van der Waals surface area contributed by atoms with E-state index in [-0.39, 0.29) is 5.75 Å². The van der Waals surface area contributed by atoms with Gasteiger partial charge in [-0.15, -0.1) is 0 Å². The number of aromatic hydroxyl groups is 1. The van der Waals surface area contributed by atoms with Crippen molar-refractivity contribution >= 4 is 0 Å². The molecular formula is C13H20N2O2. The molecule has 1 fully saturated rings. The zero-order valence-corrected chi connectivity index (χ0v) is 10.5. The maximum Gasteiger partial charge on any atom is 0.138 e. The number of aromatic nitrogens is 1. The lowest BCUT2D eigenvalue weighted by molar-refractivity contribution is 0.172. The molecule has 1 aliphatic rings. The van der Waals surface area contributed by atoms with E-state index in [1.54, 1.807) is 6.07 Å². The van der Waals surface area contributed by atoms with Crippen LogP contribution in [-0.2, 0) is 11.3 Å². The van der Waals surface area contributed by atoms with Crippen molar-refractivity contribution in [3.63, 3.8) is 0 Å². The SMILES string of the molecule is Cc1ccc(O)c(CN(C)C[C@@H]2CCOC2)n1. The topological polar surface area (TPSA) is 45.6 Å². The van der Waals surface area contributed by atoms with Crippen LogP contribution in [0, 0.1) is 12.8 Å². The summed E-state index contributed by atoms with van der Waals surface area (Å²) in [4.78, 5) is 6.56. The third-order valence-electron chi connectivity index (χ3n) is 3.10. The lowest BCUT2D eigenvalue weighted by atomic mass is 10.1. The zero-order chi connectivity index (χ0) is 12.3. The van der Waals surface area contributed by atoms with Gasteiger partial charge in [0.2, 0.25) is 0 Å². The van der Waals surface area contributed by atoms with Crippen molar-refractivity contribution in [2.45, 2.75) is 19.9 Å².